The minimum atomic E-state index is 0.795. The second-order valence-electron chi connectivity index (χ2n) is 5.36. The highest BCUT2D eigenvalue weighted by atomic mass is 15.5. The highest BCUT2D eigenvalue weighted by Gasteiger charge is 2.19. The summed E-state index contributed by atoms with van der Waals surface area (Å²) >= 11 is 0. The van der Waals surface area contributed by atoms with Gasteiger partial charge in [0.15, 0.2) is 5.82 Å². The van der Waals surface area contributed by atoms with Gasteiger partial charge >= 0.3 is 0 Å². The molecule has 0 fully saturated rings. The molecule has 0 radical (unpaired) electrons. The van der Waals surface area contributed by atoms with Gasteiger partial charge in [-0.05, 0) is 31.0 Å². The van der Waals surface area contributed by atoms with E-state index < -0.39 is 0 Å². The Bertz CT molecular complexity index is 623. The first kappa shape index (κ1) is 13.7. The number of hydrogen-bond acceptors (Lipinski definition) is 5. The van der Waals surface area contributed by atoms with E-state index >= 15 is 0 Å². The molecular formula is C16H21N5. The van der Waals surface area contributed by atoms with Crippen molar-refractivity contribution in [1.82, 2.24) is 9.97 Å². The van der Waals surface area contributed by atoms with Crippen molar-refractivity contribution in [2.75, 3.05) is 35.5 Å². The second kappa shape index (κ2) is 5.60. The van der Waals surface area contributed by atoms with Crippen LogP contribution in [0.4, 0.5) is 17.2 Å². The summed E-state index contributed by atoms with van der Waals surface area (Å²) in [6.07, 6.45) is 2.92. The molecule has 1 aliphatic rings. The van der Waals surface area contributed by atoms with Crippen LogP contribution in [0, 0.1) is 6.92 Å². The molecule has 1 aliphatic heterocycles. The van der Waals surface area contributed by atoms with Gasteiger partial charge in [0.2, 0.25) is 0 Å². The number of rotatable bonds is 2. The van der Waals surface area contributed by atoms with Gasteiger partial charge in [-0.2, -0.15) is 0 Å². The summed E-state index contributed by atoms with van der Waals surface area (Å²) in [4.78, 5) is 11.0. The van der Waals surface area contributed by atoms with Crippen molar-refractivity contribution in [1.29, 1.82) is 0 Å². The fourth-order valence-corrected chi connectivity index (χ4v) is 2.49. The zero-order valence-corrected chi connectivity index (χ0v) is 12.8. The molecule has 0 saturated heterocycles. The maximum Gasteiger partial charge on any atom is 0.157 e. The lowest BCUT2D eigenvalue weighted by Gasteiger charge is -2.24. The molecule has 110 valence electrons. The molecule has 1 N–H and O–H groups in total. The van der Waals surface area contributed by atoms with Gasteiger partial charge in [0.1, 0.15) is 11.5 Å². The van der Waals surface area contributed by atoms with Crippen LogP contribution in [0.15, 0.2) is 30.5 Å². The van der Waals surface area contributed by atoms with E-state index in [-0.39, 0.29) is 0 Å². The van der Waals surface area contributed by atoms with E-state index in [1.807, 2.05) is 13.1 Å². The average molecular weight is 283 g/mol. The number of aromatic nitrogens is 2. The zero-order valence-electron chi connectivity index (χ0n) is 12.8. The van der Waals surface area contributed by atoms with Crippen molar-refractivity contribution < 1.29 is 0 Å². The summed E-state index contributed by atoms with van der Waals surface area (Å²) in [6, 6.07) is 8.67. The van der Waals surface area contributed by atoms with Crippen LogP contribution in [0.1, 0.15) is 18.3 Å². The number of anilines is 3. The highest BCUT2D eigenvalue weighted by molar-refractivity contribution is 5.69. The Labute approximate surface area is 125 Å². The molecule has 0 saturated carbocycles. The molecule has 1 aromatic heterocycles. The predicted octanol–water partition coefficient (Wildman–Crippen LogP) is 2.63. The van der Waals surface area contributed by atoms with E-state index in [0.29, 0.717) is 0 Å². The lowest BCUT2D eigenvalue weighted by molar-refractivity contribution is 0.839. The molecule has 0 bridgehead atoms. The Morgan fingerprint density at radius 3 is 2.67 bits per heavy atom. The normalized spacial score (nSPS) is 14.4. The molecule has 1 aromatic carbocycles. The topological polar surface area (TPSA) is 44.3 Å². The van der Waals surface area contributed by atoms with Gasteiger partial charge in [0.25, 0.3) is 0 Å². The maximum absolute atomic E-state index is 4.54. The first-order chi connectivity index (χ1) is 10.2. The number of hydrogen-bond donors (Lipinski definition) is 1. The SMILES string of the molecule is CCc1ccc(N2CCN(C)c3nc(C)ncc3N2)cc1. The number of hydrazine groups is 1. The molecule has 0 unspecified atom stereocenters. The first-order valence-corrected chi connectivity index (χ1v) is 7.35. The van der Waals surface area contributed by atoms with Crippen LogP contribution in [-0.2, 0) is 6.42 Å². The zero-order chi connectivity index (χ0) is 14.8. The van der Waals surface area contributed by atoms with Crippen molar-refractivity contribution >= 4 is 17.2 Å². The van der Waals surface area contributed by atoms with Gasteiger partial charge in [-0.15, -0.1) is 0 Å². The van der Waals surface area contributed by atoms with Crippen LogP contribution in [0.5, 0.6) is 0 Å². The Hall–Kier alpha value is -2.30. The number of fused-ring (bicyclic) bond motifs is 1. The smallest absolute Gasteiger partial charge is 0.157 e. The molecule has 2 heterocycles. The van der Waals surface area contributed by atoms with Gasteiger partial charge in [0.05, 0.1) is 18.4 Å². The van der Waals surface area contributed by atoms with Crippen LogP contribution >= 0.6 is 0 Å². The second-order valence-corrected chi connectivity index (χ2v) is 5.36. The molecule has 2 aromatic rings. The standard InChI is InChI=1S/C16H21N5/c1-4-13-5-7-14(8-6-13)21-10-9-20(3)16-15(19-21)11-17-12(2)18-16/h5-8,11,19H,4,9-10H2,1-3H3. The molecule has 0 atom stereocenters. The third kappa shape index (κ3) is 2.77. The van der Waals surface area contributed by atoms with Crippen molar-refractivity contribution in [3.63, 3.8) is 0 Å². The van der Waals surface area contributed by atoms with E-state index in [4.69, 9.17) is 0 Å². The monoisotopic (exact) mass is 283 g/mol. The molecule has 0 amide bonds. The lowest BCUT2D eigenvalue weighted by atomic mass is 10.1. The summed E-state index contributed by atoms with van der Waals surface area (Å²) in [5.41, 5.74) is 6.90. The van der Waals surface area contributed by atoms with Gasteiger partial charge in [-0.25, -0.2) is 9.97 Å². The third-order valence-electron chi connectivity index (χ3n) is 3.82. The van der Waals surface area contributed by atoms with Crippen LogP contribution in [0.3, 0.4) is 0 Å². The highest BCUT2D eigenvalue weighted by Crippen LogP contribution is 2.27. The Morgan fingerprint density at radius 1 is 1.19 bits per heavy atom. The average Bonchev–Trinajstić information content (AvgIpc) is 2.67. The summed E-state index contributed by atoms with van der Waals surface area (Å²) < 4.78 is 0. The van der Waals surface area contributed by atoms with Crippen LogP contribution in [0.25, 0.3) is 0 Å². The van der Waals surface area contributed by atoms with Gasteiger partial charge in [0, 0.05) is 13.6 Å². The van der Waals surface area contributed by atoms with Crippen LogP contribution < -0.4 is 15.3 Å². The minimum Gasteiger partial charge on any atom is -0.356 e. The Kier molecular flexibility index (Phi) is 3.64. The fourth-order valence-electron chi connectivity index (χ4n) is 2.49. The van der Waals surface area contributed by atoms with E-state index in [1.54, 1.807) is 0 Å². The first-order valence-electron chi connectivity index (χ1n) is 7.35. The predicted molar refractivity (Wildman–Crippen MR) is 86.8 cm³/mol. The van der Waals surface area contributed by atoms with Crippen molar-refractivity contribution in [3.05, 3.63) is 41.9 Å². The molecule has 0 aliphatic carbocycles. The van der Waals surface area contributed by atoms with E-state index in [1.165, 1.54) is 5.56 Å². The van der Waals surface area contributed by atoms with Crippen molar-refractivity contribution in [3.8, 4) is 0 Å². The number of likely N-dealkylation sites (N-methyl/N-ethyl adjacent to an activating group) is 1. The molecule has 5 heteroatoms. The molecule has 0 spiro atoms. The van der Waals surface area contributed by atoms with Crippen LogP contribution in [0.2, 0.25) is 0 Å². The Balaban J connectivity index is 1.90. The number of nitrogens with zero attached hydrogens (tertiary/aromatic N) is 4. The summed E-state index contributed by atoms with van der Waals surface area (Å²) in [6.45, 7) is 5.88. The van der Waals surface area contributed by atoms with Gasteiger partial charge < -0.3 is 4.90 Å². The third-order valence-corrected chi connectivity index (χ3v) is 3.82. The van der Waals surface area contributed by atoms with Crippen molar-refractivity contribution in [2.45, 2.75) is 20.3 Å². The summed E-state index contributed by atoms with van der Waals surface area (Å²) in [7, 11) is 2.07. The van der Waals surface area contributed by atoms with Crippen molar-refractivity contribution in [2.24, 2.45) is 0 Å². The summed E-state index contributed by atoms with van der Waals surface area (Å²) in [5.74, 6) is 1.75. The largest absolute Gasteiger partial charge is 0.356 e. The number of nitrogens with one attached hydrogen (secondary N) is 1. The van der Waals surface area contributed by atoms with Gasteiger partial charge in [-0.1, -0.05) is 19.1 Å². The van der Waals surface area contributed by atoms with Gasteiger partial charge in [-0.3, -0.25) is 10.4 Å². The minimum absolute atomic E-state index is 0.795. The molecular weight excluding hydrogens is 262 g/mol. The summed E-state index contributed by atoms with van der Waals surface area (Å²) in [5, 5.41) is 2.15. The maximum atomic E-state index is 4.54. The van der Waals surface area contributed by atoms with E-state index in [2.05, 4.69) is 63.5 Å². The molecule has 21 heavy (non-hydrogen) atoms. The van der Waals surface area contributed by atoms with Crippen LogP contribution in [-0.4, -0.2) is 30.1 Å². The van der Waals surface area contributed by atoms with E-state index in [9.17, 15) is 0 Å². The Morgan fingerprint density at radius 2 is 1.95 bits per heavy atom. The van der Waals surface area contributed by atoms with E-state index in [0.717, 1.165) is 42.5 Å². The quantitative estimate of drug-likeness (QED) is 0.918. The lowest BCUT2D eigenvalue weighted by Crippen LogP contribution is -2.33. The number of benzene rings is 1. The number of aryl methyl sites for hydroxylation is 2. The molecule has 5 nitrogen and oxygen atoms in total. The fraction of sp³-hybridized carbons (Fsp3) is 0.375. The molecule has 3 rings (SSSR count).